The summed E-state index contributed by atoms with van der Waals surface area (Å²) in [5, 5.41) is 36.5. The number of benzene rings is 3. The normalized spacial score (nSPS) is 13.0. The molecule has 8 N–H and O–H groups in total. The van der Waals surface area contributed by atoms with E-state index in [0.717, 1.165) is 104 Å². The average Bonchev–Trinajstić information content (AvgIpc) is 3.16. The first-order chi connectivity index (χ1) is 24.7. The van der Waals surface area contributed by atoms with Gasteiger partial charge in [-0.1, -0.05) is 109 Å². The molecule has 0 amide bonds. The van der Waals surface area contributed by atoms with Gasteiger partial charge in [-0.15, -0.1) is 0 Å². The summed E-state index contributed by atoms with van der Waals surface area (Å²) >= 11 is 0. The molecule has 3 aromatic carbocycles. The molecule has 268 valence electrons. The first kappa shape index (κ1) is 38.4. The molecule has 1 atom stereocenters. The van der Waals surface area contributed by atoms with Crippen LogP contribution in [-0.2, 0) is 0 Å². The topological polar surface area (TPSA) is 120 Å². The molecular formula is C42H60N8. The van der Waals surface area contributed by atoms with Crippen molar-refractivity contribution >= 4 is 11.9 Å². The lowest BCUT2D eigenvalue weighted by Crippen LogP contribution is -2.38. The van der Waals surface area contributed by atoms with Crippen LogP contribution in [-0.4, -0.2) is 64.3 Å². The number of rotatable bonds is 23. The van der Waals surface area contributed by atoms with Gasteiger partial charge < -0.3 is 31.9 Å². The number of hydrogen-bond donors (Lipinski definition) is 8. The molecule has 3 aromatic rings. The Balaban J connectivity index is 0.926. The van der Waals surface area contributed by atoms with Gasteiger partial charge in [-0.25, -0.2) is 0 Å². The van der Waals surface area contributed by atoms with Crippen LogP contribution in [0.1, 0.15) is 79.9 Å². The molecule has 0 aliphatic heterocycles. The lowest BCUT2D eigenvalue weighted by molar-refractivity contribution is 0.562. The van der Waals surface area contributed by atoms with Gasteiger partial charge in [0.2, 0.25) is 0 Å². The summed E-state index contributed by atoms with van der Waals surface area (Å²) < 4.78 is 0. The molecule has 0 saturated carbocycles. The molecule has 0 radical (unpaired) electrons. The molecule has 0 bridgehead atoms. The Kier molecular flexibility index (Phi) is 18.3. The van der Waals surface area contributed by atoms with E-state index < -0.39 is 0 Å². The van der Waals surface area contributed by atoms with Gasteiger partial charge in [0.25, 0.3) is 0 Å². The van der Waals surface area contributed by atoms with E-state index in [-0.39, 0.29) is 0 Å². The number of guanidine groups is 2. The molecule has 0 aromatic heterocycles. The number of nitrogens with one attached hydrogen (secondary N) is 8. The standard InChI is InChI=1S/C42H60N8/c43-41(49-33-25-39(35-17-5-1-6-18-35)36-19-7-2-8-20-36)47-31-15-29-45-27-13-14-28-46-30-16-32-48-42(44)50-34-26-40(37-21-9-3-10-22-37)38-23-11-4-12-24-38/h1-3,5-11,17-24,39-40,45-46H,4,12-16,25-34H2,(H3,43,47,49)(H3,44,48,50). The SMILES string of the molecule is N=C(NCCCNCCCCNCCCNC(=N)NCCC(c1ccccc1)c1ccccc1)NCCC(C1=CCCC=C1)c1ccccc1. The van der Waals surface area contributed by atoms with Gasteiger partial charge in [-0.2, -0.15) is 0 Å². The van der Waals surface area contributed by atoms with Gasteiger partial charge in [0.15, 0.2) is 11.9 Å². The molecule has 0 heterocycles. The third-order valence-electron chi connectivity index (χ3n) is 9.12. The van der Waals surface area contributed by atoms with E-state index in [9.17, 15) is 0 Å². The van der Waals surface area contributed by atoms with Crippen LogP contribution in [0.25, 0.3) is 0 Å². The highest BCUT2D eigenvalue weighted by Gasteiger charge is 2.16. The van der Waals surface area contributed by atoms with Crippen LogP contribution < -0.4 is 31.9 Å². The van der Waals surface area contributed by atoms with Gasteiger partial charge >= 0.3 is 0 Å². The fourth-order valence-corrected chi connectivity index (χ4v) is 6.41. The van der Waals surface area contributed by atoms with E-state index in [1.807, 2.05) is 0 Å². The molecule has 0 spiro atoms. The maximum atomic E-state index is 8.26. The summed E-state index contributed by atoms with van der Waals surface area (Å²) in [4.78, 5) is 0. The van der Waals surface area contributed by atoms with Crippen molar-refractivity contribution in [2.75, 3.05) is 52.4 Å². The van der Waals surface area contributed by atoms with Crippen molar-refractivity contribution in [3.63, 3.8) is 0 Å². The molecule has 1 aliphatic rings. The van der Waals surface area contributed by atoms with Crippen molar-refractivity contribution in [2.24, 2.45) is 0 Å². The highest BCUT2D eigenvalue weighted by molar-refractivity contribution is 5.76. The first-order valence-electron chi connectivity index (χ1n) is 18.8. The smallest absolute Gasteiger partial charge is 0.188 e. The minimum Gasteiger partial charge on any atom is -0.357 e. The van der Waals surface area contributed by atoms with Crippen LogP contribution in [0, 0.1) is 10.8 Å². The number of allylic oxidation sites excluding steroid dienone is 4. The van der Waals surface area contributed by atoms with Gasteiger partial charge in [-0.05, 0) is 99.8 Å². The van der Waals surface area contributed by atoms with Crippen molar-refractivity contribution in [1.29, 1.82) is 10.8 Å². The van der Waals surface area contributed by atoms with Crippen LogP contribution in [0.5, 0.6) is 0 Å². The summed E-state index contributed by atoms with van der Waals surface area (Å²) in [6.45, 7) is 7.03. The van der Waals surface area contributed by atoms with Crippen LogP contribution in [0.2, 0.25) is 0 Å². The fraction of sp³-hybridized carbons (Fsp3) is 0.429. The zero-order chi connectivity index (χ0) is 34.9. The minimum atomic E-state index is 0.314. The average molecular weight is 677 g/mol. The predicted molar refractivity (Wildman–Crippen MR) is 211 cm³/mol. The molecule has 4 rings (SSSR count). The van der Waals surface area contributed by atoms with Crippen LogP contribution in [0.15, 0.2) is 115 Å². The lowest BCUT2D eigenvalue weighted by atomic mass is 9.85. The second-order valence-electron chi connectivity index (χ2n) is 13.0. The monoisotopic (exact) mass is 676 g/mol. The lowest BCUT2D eigenvalue weighted by Gasteiger charge is -2.21. The minimum absolute atomic E-state index is 0.314. The molecular weight excluding hydrogens is 617 g/mol. The fourth-order valence-electron chi connectivity index (χ4n) is 6.41. The van der Waals surface area contributed by atoms with Crippen molar-refractivity contribution < 1.29 is 0 Å². The van der Waals surface area contributed by atoms with E-state index in [2.05, 4.69) is 141 Å². The van der Waals surface area contributed by atoms with Crippen molar-refractivity contribution in [2.45, 2.75) is 63.2 Å². The second kappa shape index (κ2) is 23.9. The number of unbranched alkanes of at least 4 members (excludes halogenated alkanes) is 1. The summed E-state index contributed by atoms with van der Waals surface area (Å²) in [6.07, 6.45) is 15.3. The molecule has 8 heteroatoms. The van der Waals surface area contributed by atoms with Gasteiger partial charge in [-0.3, -0.25) is 10.8 Å². The molecule has 0 fully saturated rings. The van der Waals surface area contributed by atoms with Crippen molar-refractivity contribution in [3.8, 4) is 0 Å². The van der Waals surface area contributed by atoms with Gasteiger partial charge in [0, 0.05) is 38.0 Å². The summed E-state index contributed by atoms with van der Waals surface area (Å²) in [5.74, 6) is 1.49. The van der Waals surface area contributed by atoms with E-state index in [1.165, 1.54) is 22.3 Å². The Hall–Kier alpha value is -4.40. The predicted octanol–water partition coefficient (Wildman–Crippen LogP) is 6.63. The molecule has 1 aliphatic carbocycles. The zero-order valence-electron chi connectivity index (χ0n) is 29.9. The Labute approximate surface area is 301 Å². The van der Waals surface area contributed by atoms with E-state index in [4.69, 9.17) is 10.8 Å². The highest BCUT2D eigenvalue weighted by atomic mass is 15.1. The Bertz CT molecular complexity index is 1370. The number of hydrogen-bond acceptors (Lipinski definition) is 4. The van der Waals surface area contributed by atoms with E-state index in [1.54, 1.807) is 0 Å². The van der Waals surface area contributed by atoms with Crippen molar-refractivity contribution in [1.82, 2.24) is 31.9 Å². The third kappa shape index (κ3) is 15.0. The van der Waals surface area contributed by atoms with Gasteiger partial charge in [0.1, 0.15) is 0 Å². The van der Waals surface area contributed by atoms with Crippen LogP contribution in [0.4, 0.5) is 0 Å². The van der Waals surface area contributed by atoms with E-state index in [0.29, 0.717) is 23.8 Å². The molecule has 1 unspecified atom stereocenters. The highest BCUT2D eigenvalue weighted by Crippen LogP contribution is 2.31. The first-order valence-corrected chi connectivity index (χ1v) is 18.8. The summed E-state index contributed by atoms with van der Waals surface area (Å²) in [7, 11) is 0. The summed E-state index contributed by atoms with van der Waals surface area (Å²) in [6, 6.07) is 32.0. The maximum Gasteiger partial charge on any atom is 0.188 e. The largest absolute Gasteiger partial charge is 0.357 e. The summed E-state index contributed by atoms with van der Waals surface area (Å²) in [5.41, 5.74) is 5.36. The maximum absolute atomic E-state index is 8.26. The Morgan fingerprint density at radius 3 is 1.36 bits per heavy atom. The third-order valence-corrected chi connectivity index (χ3v) is 9.12. The van der Waals surface area contributed by atoms with E-state index >= 15 is 0 Å². The quantitative estimate of drug-likeness (QED) is 0.0325. The molecule has 50 heavy (non-hydrogen) atoms. The Morgan fingerprint density at radius 1 is 0.480 bits per heavy atom. The Morgan fingerprint density at radius 2 is 0.900 bits per heavy atom. The van der Waals surface area contributed by atoms with Gasteiger partial charge in [0.05, 0.1) is 0 Å². The molecule has 8 nitrogen and oxygen atoms in total. The second-order valence-corrected chi connectivity index (χ2v) is 13.0. The van der Waals surface area contributed by atoms with Crippen LogP contribution >= 0.6 is 0 Å². The van der Waals surface area contributed by atoms with Crippen LogP contribution in [0.3, 0.4) is 0 Å². The molecule has 0 saturated heterocycles. The van der Waals surface area contributed by atoms with Crippen molar-refractivity contribution in [3.05, 3.63) is 131 Å². The zero-order valence-corrected chi connectivity index (χ0v) is 29.9.